The van der Waals surface area contributed by atoms with Crippen LogP contribution in [0.25, 0.3) is 11.1 Å². The van der Waals surface area contributed by atoms with Gasteiger partial charge in [-0.3, -0.25) is 14.4 Å². The molecule has 0 aromatic rings. The van der Waals surface area contributed by atoms with E-state index in [0.29, 0.717) is 0 Å². The highest BCUT2D eigenvalue weighted by Gasteiger charge is 2.59. The van der Waals surface area contributed by atoms with Crippen LogP contribution in [0.5, 0.6) is 0 Å². The van der Waals surface area contributed by atoms with E-state index in [1.165, 1.54) is 25.0 Å². The van der Waals surface area contributed by atoms with Crippen LogP contribution >= 0.6 is 0 Å². The molecule has 1 saturated heterocycles. The van der Waals surface area contributed by atoms with E-state index in [0.717, 1.165) is 0 Å². The first-order valence-electron chi connectivity index (χ1n) is 8.74. The molecule has 1 heterocycles. The molecule has 1 fully saturated rings. The second-order valence-electron chi connectivity index (χ2n) is 8.28. The van der Waals surface area contributed by atoms with Crippen LogP contribution in [-0.2, 0) is 19.1 Å². The summed E-state index contributed by atoms with van der Waals surface area (Å²) in [5.74, 6) is -0.935. The Bertz CT molecular complexity index is 722. The Morgan fingerprint density at radius 2 is 1.69 bits per heavy atom. The molecular formula is C19H28N2O4Si. The molecule has 2 aliphatic carbocycles. The van der Waals surface area contributed by atoms with Gasteiger partial charge in [-0.05, 0) is 22.2 Å². The summed E-state index contributed by atoms with van der Waals surface area (Å²) in [5.41, 5.74) is 2.85. The monoisotopic (exact) mass is 376 g/mol. The number of hydrogen-bond donors (Lipinski definition) is 1. The van der Waals surface area contributed by atoms with Crippen LogP contribution < -0.4 is 5.32 Å². The number of esters is 1. The Morgan fingerprint density at radius 3 is 2.00 bits per heavy atom. The lowest BCUT2D eigenvalue weighted by Crippen LogP contribution is -2.79. The molecule has 2 amide bonds. The summed E-state index contributed by atoms with van der Waals surface area (Å²) in [6.45, 7) is 13.0. The Morgan fingerprint density at radius 1 is 1.15 bits per heavy atom. The smallest absolute Gasteiger partial charge is 0.304 e. The average Bonchev–Trinajstić information content (AvgIpc) is 3.09. The minimum atomic E-state index is -2.15. The highest BCUT2D eigenvalue weighted by molar-refractivity contribution is 6.80. The highest BCUT2D eigenvalue weighted by Crippen LogP contribution is 2.43. The lowest BCUT2D eigenvalue weighted by Gasteiger charge is -2.56. The third-order valence-electron chi connectivity index (χ3n) is 5.24. The third kappa shape index (κ3) is 3.98. The minimum Gasteiger partial charge on any atom is -0.440 e. The van der Waals surface area contributed by atoms with Gasteiger partial charge in [-0.25, -0.2) is 0 Å². The molecule has 26 heavy (non-hydrogen) atoms. The highest BCUT2D eigenvalue weighted by atomic mass is 28.3. The molecule has 2 atom stereocenters. The first kappa shape index (κ1) is 20.2. The van der Waals surface area contributed by atoms with Gasteiger partial charge >= 0.3 is 5.97 Å². The molecule has 0 unspecified atom stereocenters. The van der Waals surface area contributed by atoms with Gasteiger partial charge in [-0.2, -0.15) is 0 Å². The average molecular weight is 377 g/mol. The number of nitrogens with one attached hydrogen (secondary N) is 1. The largest absolute Gasteiger partial charge is 0.440 e. The van der Waals surface area contributed by atoms with Crippen molar-refractivity contribution in [1.29, 1.82) is 0 Å². The zero-order chi connectivity index (χ0) is 19.9. The van der Waals surface area contributed by atoms with E-state index in [9.17, 15) is 14.4 Å². The molecule has 142 valence electrons. The van der Waals surface area contributed by atoms with Crippen molar-refractivity contribution < 1.29 is 19.1 Å². The fourth-order valence-electron chi connectivity index (χ4n) is 2.74. The standard InChI is InChI=1S/C13H24N2O4Si.C6H4/c1-8(16)14-10-11(18)15(12(10)19-9(2)17)20(6,7)13(3,4)5;1-2-5-4-6(5)3-1/h10,12H,1-7H3,(H,14,16);1-4H/t10-,12+;/m1./s1. The number of rotatable bonds is 3. The second kappa shape index (κ2) is 6.87. The van der Waals surface area contributed by atoms with Gasteiger partial charge < -0.3 is 14.6 Å². The number of amides is 2. The molecule has 1 N–H and O–H groups in total. The van der Waals surface area contributed by atoms with Crippen LogP contribution in [0.2, 0.25) is 18.1 Å². The fourth-order valence-corrected chi connectivity index (χ4v) is 4.99. The number of fused-ring (bicyclic) bond motifs is 1. The minimum absolute atomic E-state index is 0.0672. The normalized spacial score (nSPS) is 20.4. The van der Waals surface area contributed by atoms with Crippen molar-refractivity contribution in [2.75, 3.05) is 0 Å². The number of hydrogen-bond acceptors (Lipinski definition) is 4. The Kier molecular flexibility index (Phi) is 5.33. The number of nitrogens with zero attached hydrogens (tertiary/aromatic N) is 1. The van der Waals surface area contributed by atoms with E-state index in [-0.39, 0.29) is 16.9 Å². The van der Waals surface area contributed by atoms with Crippen molar-refractivity contribution in [1.82, 2.24) is 9.88 Å². The van der Waals surface area contributed by atoms with Crippen LogP contribution in [0.15, 0.2) is 24.3 Å². The Balaban J connectivity index is 0.000000331. The first-order chi connectivity index (χ1) is 11.9. The predicted molar refractivity (Wildman–Crippen MR) is 103 cm³/mol. The van der Waals surface area contributed by atoms with Gasteiger partial charge in [-0.1, -0.05) is 52.1 Å². The molecule has 0 saturated carbocycles. The van der Waals surface area contributed by atoms with Gasteiger partial charge in [0.1, 0.15) is 0 Å². The van der Waals surface area contributed by atoms with Crippen LogP contribution in [0, 0.1) is 0 Å². The van der Waals surface area contributed by atoms with E-state index in [1.807, 2.05) is 0 Å². The van der Waals surface area contributed by atoms with E-state index < -0.39 is 26.5 Å². The summed E-state index contributed by atoms with van der Waals surface area (Å²) in [4.78, 5) is 34.8. The first-order valence-corrected chi connectivity index (χ1v) is 11.7. The van der Waals surface area contributed by atoms with Crippen molar-refractivity contribution >= 4 is 26.0 Å². The Labute approximate surface area is 156 Å². The molecule has 6 nitrogen and oxygen atoms in total. The second-order valence-corrected chi connectivity index (χ2v) is 13.4. The summed E-state index contributed by atoms with van der Waals surface area (Å²) >= 11 is 0. The van der Waals surface area contributed by atoms with Gasteiger partial charge in [0.2, 0.25) is 11.8 Å². The van der Waals surface area contributed by atoms with E-state index in [1.54, 1.807) is 4.57 Å². The number of carbonyl (C=O) groups is 3. The summed E-state index contributed by atoms with van der Waals surface area (Å²) < 4.78 is 6.93. The molecule has 0 aromatic carbocycles. The number of carbonyl (C=O) groups excluding carboxylic acids is 3. The summed E-state index contributed by atoms with van der Waals surface area (Å²) in [7, 11) is -2.15. The van der Waals surface area contributed by atoms with Crippen LogP contribution in [0.1, 0.15) is 34.6 Å². The zero-order valence-corrected chi connectivity index (χ0v) is 17.5. The molecule has 0 bridgehead atoms. The van der Waals surface area contributed by atoms with Crippen LogP contribution in [0.3, 0.4) is 0 Å². The van der Waals surface area contributed by atoms with Gasteiger partial charge in [0.25, 0.3) is 0 Å². The van der Waals surface area contributed by atoms with Crippen LogP contribution in [0.4, 0.5) is 0 Å². The zero-order valence-electron chi connectivity index (χ0n) is 16.5. The summed E-state index contributed by atoms with van der Waals surface area (Å²) in [5, 5.41) is 2.49. The van der Waals surface area contributed by atoms with Crippen molar-refractivity contribution in [2.24, 2.45) is 0 Å². The van der Waals surface area contributed by atoms with Gasteiger partial charge in [0.05, 0.1) is 0 Å². The summed E-state index contributed by atoms with van der Waals surface area (Å²) in [6, 6.07) is 7.72. The van der Waals surface area contributed by atoms with Crippen molar-refractivity contribution in [2.45, 2.75) is 65.0 Å². The maximum Gasteiger partial charge on any atom is 0.304 e. The lowest BCUT2D eigenvalue weighted by molar-refractivity contribution is -0.180. The molecule has 0 spiro atoms. The molecule has 3 aliphatic rings. The topological polar surface area (TPSA) is 75.7 Å². The van der Waals surface area contributed by atoms with Crippen molar-refractivity contribution in [3.05, 3.63) is 24.3 Å². The molecule has 7 heteroatoms. The van der Waals surface area contributed by atoms with E-state index in [4.69, 9.17) is 4.74 Å². The maximum absolute atomic E-state index is 12.3. The van der Waals surface area contributed by atoms with Gasteiger partial charge in [0.15, 0.2) is 20.5 Å². The molecular weight excluding hydrogens is 348 g/mol. The summed E-state index contributed by atoms with van der Waals surface area (Å²) in [6.07, 6.45) is -0.690. The molecule has 0 aromatic heterocycles. The van der Waals surface area contributed by atoms with E-state index in [2.05, 4.69) is 63.4 Å². The SMILES string of the molecule is CC(=O)N[C@@H]1C(=O)N([Si](C)(C)C(C)(C)C)[C@H]1OC(C)=O.c1cc2cc-2c1. The van der Waals surface area contributed by atoms with Gasteiger partial charge in [-0.15, -0.1) is 0 Å². The van der Waals surface area contributed by atoms with E-state index >= 15 is 0 Å². The quantitative estimate of drug-likeness (QED) is 0.508. The van der Waals surface area contributed by atoms with Crippen molar-refractivity contribution in [3.8, 4) is 11.1 Å². The number of β-lactam (4-membered cyclic amide) rings is 1. The molecule has 3 rings (SSSR count). The fraction of sp³-hybridized carbons (Fsp3) is 0.526. The molecule has 0 radical (unpaired) electrons. The van der Waals surface area contributed by atoms with Gasteiger partial charge in [0, 0.05) is 13.8 Å². The van der Waals surface area contributed by atoms with Crippen LogP contribution in [-0.4, -0.2) is 42.9 Å². The third-order valence-corrected chi connectivity index (χ3v) is 10.6. The maximum atomic E-state index is 12.3. The lowest BCUT2D eigenvalue weighted by atomic mass is 10.1. The predicted octanol–water partition coefficient (Wildman–Crippen LogP) is 2.89. The number of benzene rings is 1. The van der Waals surface area contributed by atoms with Crippen molar-refractivity contribution in [3.63, 3.8) is 0 Å². The molecule has 1 aliphatic heterocycles. The number of ether oxygens (including phenoxy) is 1. The Hall–Kier alpha value is -2.15.